The highest BCUT2D eigenvalue weighted by Gasteiger charge is 2.24. The van der Waals surface area contributed by atoms with E-state index in [4.69, 9.17) is 4.74 Å². The number of rotatable bonds is 5. The lowest BCUT2D eigenvalue weighted by Gasteiger charge is -2.30. The van der Waals surface area contributed by atoms with Crippen LogP contribution in [0.3, 0.4) is 0 Å². The van der Waals surface area contributed by atoms with Crippen molar-refractivity contribution in [3.63, 3.8) is 0 Å². The number of nitrogens with zero attached hydrogens (tertiary/aromatic N) is 1. The van der Waals surface area contributed by atoms with Crippen molar-refractivity contribution in [3.8, 4) is 5.75 Å². The molecule has 1 fully saturated rings. The molecule has 1 heterocycles. The molecular weight excluding hydrogens is 254 g/mol. The van der Waals surface area contributed by atoms with E-state index in [0.717, 1.165) is 18.6 Å². The molecule has 0 N–H and O–H groups in total. The molecule has 0 aliphatic carbocycles. The molecule has 4 nitrogen and oxygen atoms in total. The summed E-state index contributed by atoms with van der Waals surface area (Å²) in [6.07, 6.45) is 1.97. The van der Waals surface area contributed by atoms with E-state index in [-0.39, 0.29) is 17.6 Å². The normalized spacial score (nSPS) is 15.9. The van der Waals surface area contributed by atoms with Crippen LogP contribution in [0.4, 0.5) is 0 Å². The fourth-order valence-corrected chi connectivity index (χ4v) is 2.47. The number of hydrogen-bond acceptors (Lipinski definition) is 3. The van der Waals surface area contributed by atoms with Crippen molar-refractivity contribution in [2.24, 2.45) is 5.92 Å². The van der Waals surface area contributed by atoms with Crippen LogP contribution in [-0.4, -0.2) is 36.3 Å². The highest BCUT2D eigenvalue weighted by atomic mass is 16.5. The number of hydrogen-bond donors (Lipinski definition) is 0. The van der Waals surface area contributed by atoms with E-state index in [1.807, 2.05) is 35.2 Å². The Hall–Kier alpha value is -1.84. The van der Waals surface area contributed by atoms with Crippen molar-refractivity contribution < 1.29 is 14.3 Å². The molecule has 1 aliphatic rings. The van der Waals surface area contributed by atoms with Gasteiger partial charge in [0.25, 0.3) is 0 Å². The lowest BCUT2D eigenvalue weighted by molar-refractivity contribution is -0.135. The van der Waals surface area contributed by atoms with Crippen LogP contribution < -0.4 is 4.74 Å². The zero-order valence-electron chi connectivity index (χ0n) is 11.9. The Morgan fingerprint density at radius 2 is 1.85 bits per heavy atom. The number of piperidine rings is 1. The first-order chi connectivity index (χ1) is 9.66. The average molecular weight is 275 g/mol. The molecule has 0 unspecified atom stereocenters. The Kier molecular flexibility index (Phi) is 5.16. The number of benzene rings is 1. The zero-order valence-corrected chi connectivity index (χ0v) is 11.9. The summed E-state index contributed by atoms with van der Waals surface area (Å²) in [5, 5.41) is 0. The van der Waals surface area contributed by atoms with E-state index in [0.29, 0.717) is 26.1 Å². The molecule has 1 saturated heterocycles. The molecule has 1 aromatic carbocycles. The van der Waals surface area contributed by atoms with E-state index >= 15 is 0 Å². The largest absolute Gasteiger partial charge is 0.493 e. The number of ether oxygens (including phenoxy) is 1. The molecule has 0 aromatic heterocycles. The number of ketones is 1. The SMILES string of the molecule is CC(=O)C1CCN(C(=O)CCOc2ccccc2)CC1. The van der Waals surface area contributed by atoms with Gasteiger partial charge in [-0.15, -0.1) is 0 Å². The number of carbonyl (C=O) groups is 2. The molecule has 2 rings (SSSR count). The molecule has 0 radical (unpaired) electrons. The van der Waals surface area contributed by atoms with Crippen molar-refractivity contribution in [2.75, 3.05) is 19.7 Å². The second-order valence-electron chi connectivity index (χ2n) is 5.18. The van der Waals surface area contributed by atoms with Gasteiger partial charge in [0, 0.05) is 19.0 Å². The maximum absolute atomic E-state index is 12.0. The van der Waals surface area contributed by atoms with Gasteiger partial charge in [0.2, 0.25) is 5.91 Å². The standard InChI is InChI=1S/C16H21NO3/c1-13(18)14-7-10-17(11-8-14)16(19)9-12-20-15-5-3-2-4-6-15/h2-6,14H,7-12H2,1H3. The van der Waals surface area contributed by atoms with Gasteiger partial charge in [-0.25, -0.2) is 0 Å². The van der Waals surface area contributed by atoms with Crippen LogP contribution in [0, 0.1) is 5.92 Å². The third kappa shape index (κ3) is 4.08. The smallest absolute Gasteiger partial charge is 0.225 e. The topological polar surface area (TPSA) is 46.6 Å². The van der Waals surface area contributed by atoms with E-state index in [9.17, 15) is 9.59 Å². The van der Waals surface area contributed by atoms with Gasteiger partial charge >= 0.3 is 0 Å². The van der Waals surface area contributed by atoms with Crippen LogP contribution >= 0.6 is 0 Å². The Labute approximate surface area is 119 Å². The van der Waals surface area contributed by atoms with Crippen LogP contribution in [0.5, 0.6) is 5.75 Å². The summed E-state index contributed by atoms with van der Waals surface area (Å²) in [6.45, 7) is 3.41. The van der Waals surface area contributed by atoms with Crippen molar-refractivity contribution in [2.45, 2.75) is 26.2 Å². The average Bonchev–Trinajstić information content (AvgIpc) is 2.48. The summed E-state index contributed by atoms with van der Waals surface area (Å²) >= 11 is 0. The van der Waals surface area contributed by atoms with Gasteiger partial charge in [0.15, 0.2) is 0 Å². The summed E-state index contributed by atoms with van der Waals surface area (Å²) in [5.74, 6) is 1.28. The first-order valence-corrected chi connectivity index (χ1v) is 7.13. The predicted octanol–water partition coefficient (Wildman–Crippen LogP) is 2.28. The monoisotopic (exact) mass is 275 g/mol. The van der Waals surface area contributed by atoms with Gasteiger partial charge < -0.3 is 9.64 Å². The lowest BCUT2D eigenvalue weighted by atomic mass is 9.93. The predicted molar refractivity (Wildman–Crippen MR) is 76.5 cm³/mol. The van der Waals surface area contributed by atoms with Crippen molar-refractivity contribution in [1.82, 2.24) is 4.90 Å². The first kappa shape index (κ1) is 14.6. The van der Waals surface area contributed by atoms with Crippen LogP contribution in [-0.2, 0) is 9.59 Å². The van der Waals surface area contributed by atoms with E-state index in [1.165, 1.54) is 0 Å². The van der Waals surface area contributed by atoms with Gasteiger partial charge in [-0.2, -0.15) is 0 Å². The van der Waals surface area contributed by atoms with Crippen molar-refractivity contribution in [3.05, 3.63) is 30.3 Å². The van der Waals surface area contributed by atoms with E-state index in [1.54, 1.807) is 6.92 Å². The third-order valence-corrected chi connectivity index (χ3v) is 3.75. The molecule has 0 saturated carbocycles. The summed E-state index contributed by atoms with van der Waals surface area (Å²) in [5.41, 5.74) is 0. The molecule has 1 aliphatic heterocycles. The maximum atomic E-state index is 12.0. The molecule has 4 heteroatoms. The highest BCUT2D eigenvalue weighted by molar-refractivity contribution is 5.79. The number of Topliss-reactive ketones (excluding diaryl/α,β-unsaturated/α-hetero) is 1. The van der Waals surface area contributed by atoms with E-state index in [2.05, 4.69) is 0 Å². The van der Waals surface area contributed by atoms with Gasteiger partial charge in [-0.1, -0.05) is 18.2 Å². The lowest BCUT2D eigenvalue weighted by Crippen LogP contribution is -2.40. The summed E-state index contributed by atoms with van der Waals surface area (Å²) in [6, 6.07) is 9.50. The number of para-hydroxylation sites is 1. The first-order valence-electron chi connectivity index (χ1n) is 7.13. The van der Waals surface area contributed by atoms with Crippen molar-refractivity contribution >= 4 is 11.7 Å². The van der Waals surface area contributed by atoms with Crippen LogP contribution in [0.1, 0.15) is 26.2 Å². The zero-order chi connectivity index (χ0) is 14.4. The Balaban J connectivity index is 1.69. The summed E-state index contributed by atoms with van der Waals surface area (Å²) in [4.78, 5) is 25.1. The fraction of sp³-hybridized carbons (Fsp3) is 0.500. The van der Waals surface area contributed by atoms with Crippen LogP contribution in [0.25, 0.3) is 0 Å². The molecule has 1 aromatic rings. The van der Waals surface area contributed by atoms with Crippen molar-refractivity contribution in [1.29, 1.82) is 0 Å². The van der Waals surface area contributed by atoms with Crippen LogP contribution in [0.2, 0.25) is 0 Å². The number of carbonyl (C=O) groups excluding carboxylic acids is 2. The molecular formula is C16H21NO3. The molecule has 0 spiro atoms. The number of amides is 1. The van der Waals surface area contributed by atoms with Crippen LogP contribution in [0.15, 0.2) is 30.3 Å². The minimum Gasteiger partial charge on any atom is -0.493 e. The van der Waals surface area contributed by atoms with Gasteiger partial charge in [0.05, 0.1) is 13.0 Å². The minimum atomic E-state index is 0.114. The Morgan fingerprint density at radius 3 is 2.45 bits per heavy atom. The third-order valence-electron chi connectivity index (χ3n) is 3.75. The second-order valence-corrected chi connectivity index (χ2v) is 5.18. The fourth-order valence-electron chi connectivity index (χ4n) is 2.47. The maximum Gasteiger partial charge on any atom is 0.225 e. The van der Waals surface area contributed by atoms with Gasteiger partial charge in [-0.05, 0) is 31.9 Å². The molecule has 0 bridgehead atoms. The Morgan fingerprint density at radius 1 is 1.20 bits per heavy atom. The molecule has 108 valence electrons. The summed E-state index contributed by atoms with van der Waals surface area (Å²) < 4.78 is 5.53. The molecule has 1 amide bonds. The highest BCUT2D eigenvalue weighted by Crippen LogP contribution is 2.18. The molecule has 20 heavy (non-hydrogen) atoms. The minimum absolute atomic E-state index is 0.114. The van der Waals surface area contributed by atoms with E-state index < -0.39 is 0 Å². The quantitative estimate of drug-likeness (QED) is 0.828. The second kappa shape index (κ2) is 7.08. The molecule has 0 atom stereocenters. The van der Waals surface area contributed by atoms with Gasteiger partial charge in [0.1, 0.15) is 11.5 Å². The summed E-state index contributed by atoms with van der Waals surface area (Å²) in [7, 11) is 0. The number of likely N-dealkylation sites (tertiary alicyclic amines) is 1. The Bertz CT molecular complexity index is 450. The van der Waals surface area contributed by atoms with Gasteiger partial charge in [-0.3, -0.25) is 9.59 Å².